The molecular weight excluding hydrogens is 599 g/mol. The first kappa shape index (κ1) is 27.5. The molecule has 0 unspecified atom stereocenters. The van der Waals surface area contributed by atoms with Gasteiger partial charge in [-0.2, -0.15) is 0 Å². The first-order valence-corrected chi connectivity index (χ1v) is 16.5. The molecule has 7 aromatic carbocycles. The van der Waals surface area contributed by atoms with Gasteiger partial charge in [-0.05, 0) is 29.8 Å². The summed E-state index contributed by atoms with van der Waals surface area (Å²) in [7, 11) is 0. The Morgan fingerprint density at radius 3 is 1.65 bits per heavy atom. The minimum Gasteiger partial charge on any atom is -0.456 e. The van der Waals surface area contributed by atoms with Crippen LogP contribution in [-0.2, 0) is 0 Å². The molecule has 4 nitrogen and oxygen atoms in total. The van der Waals surface area contributed by atoms with Gasteiger partial charge in [0.2, 0.25) is 0 Å². The Bertz CT molecular complexity index is 2860. The second-order valence-electron chi connectivity index (χ2n) is 12.3. The molecule has 0 amide bonds. The normalized spacial score (nSPS) is 11.7. The molecule has 0 saturated heterocycles. The van der Waals surface area contributed by atoms with E-state index in [2.05, 4.69) is 121 Å². The Morgan fingerprint density at radius 1 is 0.347 bits per heavy atom. The molecule has 10 aromatic rings. The zero-order valence-electron chi connectivity index (χ0n) is 26.3. The SMILES string of the molecule is c1ccc(-c2nc(-c3ccc(-c4nc5ccccc5c5c(-c6ccccc6)c6c(cc45)oc4ccccc46)cc3)nc3ccccc23)cc1. The number of hydrogen-bond donors (Lipinski definition) is 0. The summed E-state index contributed by atoms with van der Waals surface area (Å²) in [5, 5.41) is 6.59. The van der Waals surface area contributed by atoms with Gasteiger partial charge in [0.25, 0.3) is 0 Å². The van der Waals surface area contributed by atoms with E-state index in [-0.39, 0.29) is 0 Å². The minimum absolute atomic E-state index is 0.691. The summed E-state index contributed by atoms with van der Waals surface area (Å²) < 4.78 is 6.54. The number of furan rings is 1. The third-order valence-electron chi connectivity index (χ3n) is 9.46. The number of hydrogen-bond acceptors (Lipinski definition) is 4. The first-order valence-electron chi connectivity index (χ1n) is 16.5. The quantitative estimate of drug-likeness (QED) is 0.183. The second kappa shape index (κ2) is 11.0. The lowest BCUT2D eigenvalue weighted by Crippen LogP contribution is -1.96. The number of benzene rings is 7. The van der Waals surface area contributed by atoms with Crippen LogP contribution in [0.2, 0.25) is 0 Å². The van der Waals surface area contributed by atoms with E-state index < -0.39 is 0 Å². The van der Waals surface area contributed by atoms with E-state index in [0.717, 1.165) is 88.3 Å². The minimum atomic E-state index is 0.691. The summed E-state index contributed by atoms with van der Waals surface area (Å²) in [6, 6.07) is 56.6. The Balaban J connectivity index is 1.22. The van der Waals surface area contributed by atoms with Crippen molar-refractivity contribution >= 4 is 54.5 Å². The average molecular weight is 626 g/mol. The van der Waals surface area contributed by atoms with Crippen molar-refractivity contribution < 1.29 is 4.42 Å². The van der Waals surface area contributed by atoms with Crippen molar-refractivity contribution in [1.82, 2.24) is 15.0 Å². The molecule has 0 radical (unpaired) electrons. The highest BCUT2D eigenvalue weighted by atomic mass is 16.3. The number of pyridine rings is 1. The van der Waals surface area contributed by atoms with Gasteiger partial charge in [-0.3, -0.25) is 0 Å². The molecule has 3 heterocycles. The Labute approximate surface area is 282 Å². The fraction of sp³-hybridized carbons (Fsp3) is 0. The molecule has 4 heteroatoms. The molecule has 0 N–H and O–H groups in total. The van der Waals surface area contributed by atoms with Crippen molar-refractivity contribution in [3.63, 3.8) is 0 Å². The summed E-state index contributed by atoms with van der Waals surface area (Å²) in [4.78, 5) is 15.4. The Hall–Kier alpha value is -6.65. The predicted molar refractivity (Wildman–Crippen MR) is 201 cm³/mol. The predicted octanol–water partition coefficient (Wildman–Crippen LogP) is 11.9. The Kier molecular flexibility index (Phi) is 6.15. The van der Waals surface area contributed by atoms with Gasteiger partial charge in [0, 0.05) is 54.6 Å². The molecule has 0 saturated carbocycles. The molecule has 0 aliphatic rings. The molecule has 228 valence electrons. The van der Waals surface area contributed by atoms with Crippen molar-refractivity contribution in [1.29, 1.82) is 0 Å². The van der Waals surface area contributed by atoms with Crippen LogP contribution >= 0.6 is 0 Å². The fourth-order valence-corrected chi connectivity index (χ4v) is 7.23. The van der Waals surface area contributed by atoms with E-state index in [9.17, 15) is 0 Å². The maximum absolute atomic E-state index is 6.54. The lowest BCUT2D eigenvalue weighted by Gasteiger charge is -2.16. The molecule has 49 heavy (non-hydrogen) atoms. The van der Waals surface area contributed by atoms with Crippen LogP contribution in [0.5, 0.6) is 0 Å². The zero-order chi connectivity index (χ0) is 32.3. The van der Waals surface area contributed by atoms with E-state index >= 15 is 0 Å². The highest BCUT2D eigenvalue weighted by molar-refractivity contribution is 6.27. The number of fused-ring (bicyclic) bond motifs is 7. The molecule has 0 fully saturated rings. The molecule has 3 aromatic heterocycles. The van der Waals surface area contributed by atoms with Gasteiger partial charge in [-0.25, -0.2) is 15.0 Å². The van der Waals surface area contributed by atoms with Crippen LogP contribution in [-0.4, -0.2) is 15.0 Å². The van der Waals surface area contributed by atoms with Crippen molar-refractivity contribution in [3.05, 3.63) is 164 Å². The van der Waals surface area contributed by atoms with Gasteiger partial charge in [-0.15, -0.1) is 0 Å². The highest BCUT2D eigenvalue weighted by Gasteiger charge is 2.21. The van der Waals surface area contributed by atoms with Crippen LogP contribution in [0.3, 0.4) is 0 Å². The molecular formula is C45H27N3O. The lowest BCUT2D eigenvalue weighted by atomic mass is 9.89. The first-order chi connectivity index (χ1) is 24.3. The summed E-state index contributed by atoms with van der Waals surface area (Å²) in [6.07, 6.45) is 0. The van der Waals surface area contributed by atoms with Gasteiger partial charge in [0.15, 0.2) is 5.82 Å². The molecule has 0 spiro atoms. The van der Waals surface area contributed by atoms with Crippen LogP contribution in [0.15, 0.2) is 168 Å². The van der Waals surface area contributed by atoms with Gasteiger partial charge in [0.1, 0.15) is 11.2 Å². The topological polar surface area (TPSA) is 51.8 Å². The second-order valence-corrected chi connectivity index (χ2v) is 12.3. The molecule has 10 rings (SSSR count). The number of aromatic nitrogens is 3. The van der Waals surface area contributed by atoms with E-state index in [1.165, 1.54) is 5.39 Å². The molecule has 0 atom stereocenters. The van der Waals surface area contributed by atoms with E-state index in [4.69, 9.17) is 19.4 Å². The van der Waals surface area contributed by atoms with Crippen LogP contribution in [0.25, 0.3) is 99.5 Å². The standard InChI is InChI=1S/C45H27N3O/c1-3-13-28(14-4-1)40-41-32-17-7-10-20-36(32)46-44(35(41)27-39-42(40)34-19-9-12-22-38(34)49-39)30-23-25-31(26-24-30)45-47-37-21-11-8-18-33(37)43(48-45)29-15-5-2-6-16-29/h1-27H. The molecule has 0 aliphatic carbocycles. The Morgan fingerprint density at radius 2 is 0.898 bits per heavy atom. The van der Waals surface area contributed by atoms with Crippen LogP contribution in [0.4, 0.5) is 0 Å². The van der Waals surface area contributed by atoms with E-state index in [1.807, 2.05) is 42.5 Å². The third-order valence-corrected chi connectivity index (χ3v) is 9.46. The lowest BCUT2D eigenvalue weighted by molar-refractivity contribution is 0.669. The highest BCUT2D eigenvalue weighted by Crippen LogP contribution is 2.46. The fourth-order valence-electron chi connectivity index (χ4n) is 7.23. The van der Waals surface area contributed by atoms with Crippen molar-refractivity contribution in [2.75, 3.05) is 0 Å². The summed E-state index contributed by atoms with van der Waals surface area (Å²) in [6.45, 7) is 0. The van der Waals surface area contributed by atoms with Crippen LogP contribution < -0.4 is 0 Å². The summed E-state index contributed by atoms with van der Waals surface area (Å²) in [5.74, 6) is 0.691. The van der Waals surface area contributed by atoms with Crippen molar-refractivity contribution in [3.8, 4) is 45.0 Å². The monoisotopic (exact) mass is 625 g/mol. The van der Waals surface area contributed by atoms with Crippen LogP contribution in [0.1, 0.15) is 0 Å². The molecule has 0 aliphatic heterocycles. The van der Waals surface area contributed by atoms with Crippen molar-refractivity contribution in [2.24, 2.45) is 0 Å². The van der Waals surface area contributed by atoms with Gasteiger partial charge in [0.05, 0.1) is 22.4 Å². The van der Waals surface area contributed by atoms with E-state index in [0.29, 0.717) is 5.82 Å². The summed E-state index contributed by atoms with van der Waals surface area (Å²) in [5.41, 5.74) is 10.7. The smallest absolute Gasteiger partial charge is 0.160 e. The average Bonchev–Trinajstić information content (AvgIpc) is 3.55. The van der Waals surface area contributed by atoms with Crippen LogP contribution in [0, 0.1) is 0 Å². The third kappa shape index (κ3) is 4.42. The number of para-hydroxylation sites is 3. The zero-order valence-corrected chi connectivity index (χ0v) is 26.3. The van der Waals surface area contributed by atoms with Gasteiger partial charge in [-0.1, -0.05) is 140 Å². The largest absolute Gasteiger partial charge is 0.456 e. The summed E-state index contributed by atoms with van der Waals surface area (Å²) >= 11 is 0. The van der Waals surface area contributed by atoms with E-state index in [1.54, 1.807) is 0 Å². The van der Waals surface area contributed by atoms with Crippen molar-refractivity contribution in [2.45, 2.75) is 0 Å². The number of rotatable bonds is 4. The number of nitrogens with zero attached hydrogens (tertiary/aromatic N) is 3. The maximum Gasteiger partial charge on any atom is 0.160 e. The van der Waals surface area contributed by atoms with Gasteiger partial charge >= 0.3 is 0 Å². The maximum atomic E-state index is 6.54. The molecule has 0 bridgehead atoms. The van der Waals surface area contributed by atoms with Gasteiger partial charge < -0.3 is 4.42 Å².